The molecule has 2 aromatic heterocycles. The summed E-state index contributed by atoms with van der Waals surface area (Å²) in [5, 5.41) is 4.12. The van der Waals surface area contributed by atoms with Crippen molar-refractivity contribution >= 4 is 5.91 Å². The Hall–Kier alpha value is -2.82. The zero-order valence-electron chi connectivity index (χ0n) is 14.0. The third-order valence-electron chi connectivity index (χ3n) is 3.91. The monoisotopic (exact) mass is 323 g/mol. The zero-order valence-corrected chi connectivity index (χ0v) is 14.0. The summed E-state index contributed by atoms with van der Waals surface area (Å²) >= 11 is 0. The number of furan rings is 1. The van der Waals surface area contributed by atoms with Crippen molar-refractivity contribution in [3.05, 3.63) is 66.2 Å². The molecule has 3 aromatic rings. The van der Waals surface area contributed by atoms with Gasteiger partial charge in [0.25, 0.3) is 0 Å². The van der Waals surface area contributed by atoms with E-state index >= 15 is 0 Å². The number of benzene rings is 1. The molecule has 0 atom stereocenters. The Kier molecular flexibility index (Phi) is 4.79. The van der Waals surface area contributed by atoms with Crippen molar-refractivity contribution < 1.29 is 9.21 Å². The second-order valence-corrected chi connectivity index (χ2v) is 5.90. The summed E-state index contributed by atoms with van der Waals surface area (Å²) in [6.07, 6.45) is 4.73. The van der Waals surface area contributed by atoms with Gasteiger partial charge in [0.2, 0.25) is 5.91 Å². The average molecular weight is 323 g/mol. The molecule has 2 heterocycles. The smallest absolute Gasteiger partial charge is 0.223 e. The molecule has 1 aromatic carbocycles. The van der Waals surface area contributed by atoms with Gasteiger partial charge >= 0.3 is 0 Å². The van der Waals surface area contributed by atoms with Crippen molar-refractivity contribution in [1.82, 2.24) is 14.7 Å². The van der Waals surface area contributed by atoms with Crippen LogP contribution in [0.3, 0.4) is 0 Å². The molecule has 1 amide bonds. The largest absolute Gasteiger partial charge is 0.461 e. The average Bonchev–Trinajstić information content (AvgIpc) is 3.22. The van der Waals surface area contributed by atoms with Crippen molar-refractivity contribution in [3.63, 3.8) is 0 Å². The number of aryl methyl sites for hydroxylation is 2. The van der Waals surface area contributed by atoms with Gasteiger partial charge in [-0.2, -0.15) is 5.10 Å². The number of hydrogen-bond donors (Lipinski definition) is 0. The number of rotatable bonds is 6. The summed E-state index contributed by atoms with van der Waals surface area (Å²) in [6.45, 7) is 0.570. The molecular weight excluding hydrogens is 302 g/mol. The highest BCUT2D eigenvalue weighted by atomic mass is 16.3. The Morgan fingerprint density at radius 3 is 2.71 bits per heavy atom. The highest BCUT2D eigenvalue weighted by Gasteiger charge is 2.12. The lowest BCUT2D eigenvalue weighted by Gasteiger charge is -2.15. The Morgan fingerprint density at radius 2 is 2.00 bits per heavy atom. The fraction of sp³-hybridized carbons (Fsp3) is 0.263. The number of nitrogens with zero attached hydrogens (tertiary/aromatic N) is 3. The van der Waals surface area contributed by atoms with Crippen molar-refractivity contribution in [3.8, 4) is 11.3 Å². The van der Waals surface area contributed by atoms with Crippen molar-refractivity contribution in [2.24, 2.45) is 7.05 Å². The van der Waals surface area contributed by atoms with Crippen LogP contribution < -0.4 is 0 Å². The molecule has 5 nitrogen and oxygen atoms in total. The summed E-state index contributed by atoms with van der Waals surface area (Å²) in [5.41, 5.74) is 2.07. The minimum Gasteiger partial charge on any atom is -0.461 e. The van der Waals surface area contributed by atoms with Crippen molar-refractivity contribution in [1.29, 1.82) is 0 Å². The highest BCUT2D eigenvalue weighted by Crippen LogP contribution is 2.22. The molecule has 124 valence electrons. The molecule has 0 radical (unpaired) electrons. The molecule has 0 saturated carbocycles. The van der Waals surface area contributed by atoms with Crippen LogP contribution in [0.5, 0.6) is 0 Å². The van der Waals surface area contributed by atoms with Crippen LogP contribution in [0, 0.1) is 0 Å². The third kappa shape index (κ3) is 3.93. The van der Waals surface area contributed by atoms with E-state index in [9.17, 15) is 4.79 Å². The molecule has 0 fully saturated rings. The fourth-order valence-corrected chi connectivity index (χ4v) is 2.61. The maximum atomic E-state index is 12.3. The van der Waals surface area contributed by atoms with Gasteiger partial charge in [0.15, 0.2) is 0 Å². The Bertz CT molecular complexity index is 805. The molecule has 0 saturated heterocycles. The number of aromatic nitrogens is 2. The summed E-state index contributed by atoms with van der Waals surface area (Å²) in [5.74, 6) is 1.76. The van der Waals surface area contributed by atoms with E-state index in [0.717, 1.165) is 22.6 Å². The van der Waals surface area contributed by atoms with Crippen LogP contribution in [0.15, 0.2) is 59.3 Å². The lowest BCUT2D eigenvalue weighted by atomic mass is 10.2. The van der Waals surface area contributed by atoms with E-state index in [-0.39, 0.29) is 5.91 Å². The lowest BCUT2D eigenvalue weighted by molar-refractivity contribution is -0.130. The maximum Gasteiger partial charge on any atom is 0.223 e. The standard InChI is InChI=1S/C19H21N3O2/c1-21(13-15-12-20-22(2)14-15)19(23)11-9-17-8-10-18(24-17)16-6-4-3-5-7-16/h3-8,10,12,14H,9,11,13H2,1-2H3. The normalized spacial score (nSPS) is 10.8. The fourth-order valence-electron chi connectivity index (χ4n) is 2.61. The van der Waals surface area contributed by atoms with E-state index < -0.39 is 0 Å². The molecule has 0 bridgehead atoms. The predicted octanol–water partition coefficient (Wildman–Crippen LogP) is 3.27. The van der Waals surface area contributed by atoms with Gasteiger partial charge in [-0.3, -0.25) is 9.48 Å². The SMILES string of the molecule is CN(Cc1cnn(C)c1)C(=O)CCc1ccc(-c2ccccc2)o1. The third-order valence-corrected chi connectivity index (χ3v) is 3.91. The van der Waals surface area contributed by atoms with E-state index in [1.54, 1.807) is 15.8 Å². The summed E-state index contributed by atoms with van der Waals surface area (Å²) in [7, 11) is 3.68. The Labute approximate surface area is 141 Å². The van der Waals surface area contributed by atoms with Crippen molar-refractivity contribution in [2.45, 2.75) is 19.4 Å². The molecule has 0 aliphatic carbocycles. The zero-order chi connectivity index (χ0) is 16.9. The van der Waals surface area contributed by atoms with Gasteiger partial charge in [0, 0.05) is 50.8 Å². The van der Waals surface area contributed by atoms with E-state index in [2.05, 4.69) is 5.10 Å². The van der Waals surface area contributed by atoms with Crippen LogP contribution in [-0.2, 0) is 24.8 Å². The molecule has 24 heavy (non-hydrogen) atoms. The summed E-state index contributed by atoms with van der Waals surface area (Å²) < 4.78 is 7.58. The molecule has 0 aliphatic rings. The van der Waals surface area contributed by atoms with Gasteiger partial charge in [-0.25, -0.2) is 0 Å². The first-order chi connectivity index (χ1) is 11.6. The minimum absolute atomic E-state index is 0.0940. The Morgan fingerprint density at radius 1 is 1.21 bits per heavy atom. The number of carbonyl (C=O) groups is 1. The van der Waals surface area contributed by atoms with Gasteiger partial charge in [-0.05, 0) is 12.1 Å². The molecule has 5 heteroatoms. The summed E-state index contributed by atoms with van der Waals surface area (Å²) in [6, 6.07) is 13.9. The van der Waals surface area contributed by atoms with E-state index in [4.69, 9.17) is 4.42 Å². The molecule has 3 rings (SSSR count). The highest BCUT2D eigenvalue weighted by molar-refractivity contribution is 5.76. The molecule has 0 spiro atoms. The van der Waals surface area contributed by atoms with Crippen LogP contribution in [0.4, 0.5) is 0 Å². The van der Waals surface area contributed by atoms with E-state index in [1.165, 1.54) is 0 Å². The van der Waals surface area contributed by atoms with Gasteiger partial charge in [0.05, 0.1) is 6.20 Å². The van der Waals surface area contributed by atoms with Crippen LogP contribution in [-0.4, -0.2) is 27.6 Å². The molecule has 0 aliphatic heterocycles. The molecular formula is C19H21N3O2. The lowest BCUT2D eigenvalue weighted by Crippen LogP contribution is -2.26. The first kappa shape index (κ1) is 16.1. The van der Waals surface area contributed by atoms with Gasteiger partial charge in [-0.15, -0.1) is 0 Å². The van der Waals surface area contributed by atoms with Gasteiger partial charge < -0.3 is 9.32 Å². The van der Waals surface area contributed by atoms with E-state index in [1.807, 2.05) is 62.8 Å². The van der Waals surface area contributed by atoms with E-state index in [0.29, 0.717) is 19.4 Å². The quantitative estimate of drug-likeness (QED) is 0.699. The number of carbonyl (C=O) groups excluding carboxylic acids is 1. The molecule has 0 unspecified atom stereocenters. The summed E-state index contributed by atoms with van der Waals surface area (Å²) in [4.78, 5) is 14.0. The minimum atomic E-state index is 0.0940. The Balaban J connectivity index is 1.53. The maximum absolute atomic E-state index is 12.3. The first-order valence-corrected chi connectivity index (χ1v) is 7.97. The first-order valence-electron chi connectivity index (χ1n) is 7.97. The van der Waals surface area contributed by atoms with Gasteiger partial charge in [-0.1, -0.05) is 30.3 Å². The van der Waals surface area contributed by atoms with Crippen molar-refractivity contribution in [2.75, 3.05) is 7.05 Å². The predicted molar refractivity (Wildman–Crippen MR) is 92.1 cm³/mol. The van der Waals surface area contributed by atoms with Crippen LogP contribution in [0.25, 0.3) is 11.3 Å². The number of hydrogen-bond acceptors (Lipinski definition) is 3. The second kappa shape index (κ2) is 7.17. The van der Waals surface area contributed by atoms with Crippen LogP contribution in [0.1, 0.15) is 17.7 Å². The van der Waals surface area contributed by atoms with Gasteiger partial charge in [0.1, 0.15) is 11.5 Å². The second-order valence-electron chi connectivity index (χ2n) is 5.90. The molecule has 0 N–H and O–H groups in total. The van der Waals surface area contributed by atoms with Crippen LogP contribution in [0.2, 0.25) is 0 Å². The topological polar surface area (TPSA) is 51.3 Å². The van der Waals surface area contributed by atoms with Crippen LogP contribution >= 0.6 is 0 Å². The number of amides is 1.